The van der Waals surface area contributed by atoms with Crippen molar-refractivity contribution in [2.24, 2.45) is 11.8 Å². The molecule has 0 radical (unpaired) electrons. The molecule has 1 heterocycles. The van der Waals surface area contributed by atoms with Crippen molar-refractivity contribution >= 4 is 0 Å². The maximum Gasteiger partial charge on any atom is 0.231 e. The van der Waals surface area contributed by atoms with Crippen LogP contribution in [0.15, 0.2) is 12.1 Å². The lowest BCUT2D eigenvalue weighted by molar-refractivity contribution is 0.171. The van der Waals surface area contributed by atoms with Gasteiger partial charge in [0, 0.05) is 11.1 Å². The van der Waals surface area contributed by atoms with E-state index in [-0.39, 0.29) is 6.79 Å². The lowest BCUT2D eigenvalue weighted by Crippen LogP contribution is -2.18. The molecular weight excluding hydrogens is 372 g/mol. The van der Waals surface area contributed by atoms with Crippen LogP contribution >= 0.6 is 0 Å². The Morgan fingerprint density at radius 3 is 1.83 bits per heavy atom. The zero-order valence-corrected chi connectivity index (χ0v) is 17.9. The number of hydrogen-bond donors (Lipinski definition) is 0. The van der Waals surface area contributed by atoms with Crippen molar-refractivity contribution in [3.05, 3.63) is 23.3 Å². The van der Waals surface area contributed by atoms with Crippen LogP contribution in [-0.4, -0.2) is 35.2 Å². The molecule has 6 nitrogen and oxygen atoms in total. The molecule has 0 fully saturated rings. The predicted octanol–water partition coefficient (Wildman–Crippen LogP) is 4.49. The third-order valence-corrected chi connectivity index (χ3v) is 6.13. The summed E-state index contributed by atoms with van der Waals surface area (Å²) >= 11 is 0. The van der Waals surface area contributed by atoms with E-state index in [0.717, 1.165) is 35.1 Å². The third kappa shape index (κ3) is 3.02. The molecule has 4 rings (SSSR count). The van der Waals surface area contributed by atoms with Crippen LogP contribution in [0.3, 0.4) is 0 Å². The van der Waals surface area contributed by atoms with Crippen LogP contribution in [0.5, 0.6) is 34.5 Å². The summed E-state index contributed by atoms with van der Waals surface area (Å²) in [4.78, 5) is 0. The van der Waals surface area contributed by atoms with Gasteiger partial charge >= 0.3 is 0 Å². The molecule has 0 saturated carbocycles. The Kier molecular flexibility index (Phi) is 5.11. The Morgan fingerprint density at radius 1 is 0.690 bits per heavy atom. The quantitative estimate of drug-likeness (QED) is 0.754. The summed E-state index contributed by atoms with van der Waals surface area (Å²) in [6.45, 7) is 4.74. The van der Waals surface area contributed by atoms with Crippen molar-refractivity contribution in [1.82, 2.24) is 0 Å². The van der Waals surface area contributed by atoms with Crippen LogP contribution in [0.25, 0.3) is 11.1 Å². The van der Waals surface area contributed by atoms with E-state index >= 15 is 0 Å². The molecular formula is C23H28O6. The van der Waals surface area contributed by atoms with Crippen LogP contribution in [0.4, 0.5) is 0 Å². The first-order valence-corrected chi connectivity index (χ1v) is 9.85. The first-order chi connectivity index (χ1) is 14.0. The molecule has 0 spiro atoms. The highest BCUT2D eigenvalue weighted by molar-refractivity contribution is 5.88. The average Bonchev–Trinajstić information content (AvgIpc) is 3.21. The van der Waals surface area contributed by atoms with Crippen molar-refractivity contribution in [1.29, 1.82) is 0 Å². The molecule has 0 aromatic heterocycles. The Morgan fingerprint density at radius 2 is 1.24 bits per heavy atom. The van der Waals surface area contributed by atoms with Gasteiger partial charge in [-0.2, -0.15) is 0 Å². The molecule has 1 aliphatic carbocycles. The van der Waals surface area contributed by atoms with E-state index in [0.29, 0.717) is 46.3 Å². The fourth-order valence-electron chi connectivity index (χ4n) is 4.41. The van der Waals surface area contributed by atoms with E-state index in [2.05, 4.69) is 26.0 Å². The van der Waals surface area contributed by atoms with Crippen molar-refractivity contribution in [3.8, 4) is 45.6 Å². The molecule has 29 heavy (non-hydrogen) atoms. The van der Waals surface area contributed by atoms with Gasteiger partial charge in [-0.05, 0) is 47.9 Å². The number of fused-ring (bicyclic) bond motifs is 5. The predicted molar refractivity (Wildman–Crippen MR) is 110 cm³/mol. The van der Waals surface area contributed by atoms with Crippen LogP contribution in [0, 0.1) is 11.8 Å². The largest absolute Gasteiger partial charge is 0.493 e. The Balaban J connectivity index is 2.11. The first-order valence-electron chi connectivity index (χ1n) is 9.85. The van der Waals surface area contributed by atoms with Gasteiger partial charge in [-0.1, -0.05) is 13.8 Å². The maximum atomic E-state index is 5.95. The van der Waals surface area contributed by atoms with Gasteiger partial charge in [0.25, 0.3) is 0 Å². The molecule has 0 saturated heterocycles. The van der Waals surface area contributed by atoms with Gasteiger partial charge in [0.15, 0.2) is 23.0 Å². The zero-order chi connectivity index (χ0) is 20.7. The first kappa shape index (κ1) is 19.6. The number of benzene rings is 2. The SMILES string of the molecule is COc1cc2c(c(OC)c1OC)-c1c(cc(OC)c3c1OCO3)C[C@@H](C)[C@@H](C)C2. The summed E-state index contributed by atoms with van der Waals surface area (Å²) in [7, 11) is 6.58. The van der Waals surface area contributed by atoms with Crippen molar-refractivity contribution in [2.75, 3.05) is 35.2 Å². The summed E-state index contributed by atoms with van der Waals surface area (Å²) < 4.78 is 34.5. The monoisotopic (exact) mass is 400 g/mol. The Hall–Kier alpha value is -2.76. The number of hydrogen-bond acceptors (Lipinski definition) is 6. The molecule has 2 aliphatic rings. The number of methoxy groups -OCH3 is 4. The van der Waals surface area contributed by atoms with Crippen molar-refractivity contribution < 1.29 is 28.4 Å². The molecule has 2 aromatic rings. The number of ether oxygens (including phenoxy) is 6. The average molecular weight is 400 g/mol. The topological polar surface area (TPSA) is 55.4 Å². The normalized spacial score (nSPS) is 19.5. The van der Waals surface area contributed by atoms with E-state index in [9.17, 15) is 0 Å². The van der Waals surface area contributed by atoms with Crippen molar-refractivity contribution in [2.45, 2.75) is 26.7 Å². The summed E-state index contributed by atoms with van der Waals surface area (Å²) in [5.74, 6) is 4.86. The van der Waals surface area contributed by atoms with Gasteiger partial charge in [0.2, 0.25) is 18.3 Å². The molecule has 6 heteroatoms. The highest BCUT2D eigenvalue weighted by Gasteiger charge is 2.34. The summed E-state index contributed by atoms with van der Waals surface area (Å²) in [5.41, 5.74) is 4.26. The van der Waals surface area contributed by atoms with E-state index in [1.807, 2.05) is 0 Å². The standard InChI is InChI=1S/C23H28O6/c1-12-7-14-9-16(24-3)20(26-5)22(27-6)18(14)19-15(8-13(12)2)10-17(25-4)21-23(19)29-11-28-21/h9-10,12-13H,7-8,11H2,1-6H3/t12-,13+/m0/s1. The van der Waals surface area contributed by atoms with E-state index in [4.69, 9.17) is 28.4 Å². The number of rotatable bonds is 4. The summed E-state index contributed by atoms with van der Waals surface area (Å²) in [6, 6.07) is 4.12. The summed E-state index contributed by atoms with van der Waals surface area (Å²) in [5, 5.41) is 0. The second-order valence-electron chi connectivity index (χ2n) is 7.72. The lowest BCUT2D eigenvalue weighted by atomic mass is 9.77. The minimum absolute atomic E-state index is 0.166. The van der Waals surface area contributed by atoms with Gasteiger partial charge in [0.1, 0.15) is 0 Å². The molecule has 2 atom stereocenters. The van der Waals surface area contributed by atoms with E-state index in [1.54, 1.807) is 28.4 Å². The fraction of sp³-hybridized carbons (Fsp3) is 0.478. The lowest BCUT2D eigenvalue weighted by Gasteiger charge is -2.29. The molecule has 0 unspecified atom stereocenters. The molecule has 1 aliphatic heterocycles. The second-order valence-corrected chi connectivity index (χ2v) is 7.72. The molecule has 0 N–H and O–H groups in total. The Bertz CT molecular complexity index is 936. The van der Waals surface area contributed by atoms with Gasteiger partial charge in [-0.15, -0.1) is 0 Å². The molecule has 0 bridgehead atoms. The van der Waals surface area contributed by atoms with Gasteiger partial charge in [0.05, 0.1) is 28.4 Å². The highest BCUT2D eigenvalue weighted by atomic mass is 16.7. The smallest absolute Gasteiger partial charge is 0.231 e. The van der Waals surface area contributed by atoms with Crippen molar-refractivity contribution in [3.63, 3.8) is 0 Å². The fourth-order valence-corrected chi connectivity index (χ4v) is 4.41. The molecule has 0 amide bonds. The molecule has 156 valence electrons. The van der Waals surface area contributed by atoms with Gasteiger partial charge in [-0.25, -0.2) is 0 Å². The maximum absolute atomic E-state index is 5.95. The zero-order valence-electron chi connectivity index (χ0n) is 17.9. The Labute approximate surface area is 171 Å². The van der Waals surface area contributed by atoms with E-state index in [1.165, 1.54) is 0 Å². The van der Waals surface area contributed by atoms with Crippen LogP contribution in [0.1, 0.15) is 25.0 Å². The van der Waals surface area contributed by atoms with Crippen LogP contribution < -0.4 is 28.4 Å². The third-order valence-electron chi connectivity index (χ3n) is 6.13. The van der Waals surface area contributed by atoms with Gasteiger partial charge in [-0.3, -0.25) is 0 Å². The van der Waals surface area contributed by atoms with Crippen LogP contribution in [0.2, 0.25) is 0 Å². The summed E-state index contributed by atoms with van der Waals surface area (Å²) in [6.07, 6.45) is 1.80. The minimum atomic E-state index is 0.166. The molecule has 2 aromatic carbocycles. The second kappa shape index (κ2) is 7.58. The van der Waals surface area contributed by atoms with Crippen LogP contribution in [-0.2, 0) is 12.8 Å². The highest BCUT2D eigenvalue weighted by Crippen LogP contribution is 2.56. The van der Waals surface area contributed by atoms with E-state index < -0.39 is 0 Å². The van der Waals surface area contributed by atoms with Gasteiger partial charge < -0.3 is 28.4 Å². The minimum Gasteiger partial charge on any atom is -0.493 e.